The third kappa shape index (κ3) is 5.77. The fourth-order valence-corrected chi connectivity index (χ4v) is 3.23. The van der Waals surface area contributed by atoms with Gasteiger partial charge in [-0.1, -0.05) is 18.5 Å². The first-order valence-electron chi connectivity index (χ1n) is 9.76. The van der Waals surface area contributed by atoms with E-state index in [1.807, 2.05) is 0 Å². The van der Waals surface area contributed by atoms with E-state index in [4.69, 9.17) is 26.2 Å². The third-order valence-corrected chi connectivity index (χ3v) is 5.02. The number of aliphatic carboxylic acids is 1. The Bertz CT molecular complexity index is 1170. The second kappa shape index (κ2) is 9.88. The van der Waals surface area contributed by atoms with Gasteiger partial charge in [0.05, 0.1) is 11.5 Å². The summed E-state index contributed by atoms with van der Waals surface area (Å²) in [6.07, 6.45) is -5.05. The van der Waals surface area contributed by atoms with E-state index in [2.05, 4.69) is 5.10 Å². The first-order chi connectivity index (χ1) is 15.9. The number of nitrogens with zero attached hydrogens (tertiary/aromatic N) is 2. The van der Waals surface area contributed by atoms with Crippen molar-refractivity contribution in [3.63, 3.8) is 0 Å². The van der Waals surface area contributed by atoms with Crippen molar-refractivity contribution in [1.82, 2.24) is 9.78 Å². The minimum absolute atomic E-state index is 0.0568. The number of benzene rings is 2. The lowest BCUT2D eigenvalue weighted by molar-refractivity contribution is -0.142. The molecule has 0 aliphatic carbocycles. The molecule has 1 N–H and O–H groups in total. The van der Waals surface area contributed by atoms with E-state index in [0.29, 0.717) is 5.02 Å². The SMILES string of the molecule is CC(Cc1cc(F)c(OCc2c(C(F)(F)F)nn(C)c2Oc2ccc(Cl)cc2)c(F)c1)C(=O)O. The maximum Gasteiger partial charge on any atom is 0.435 e. The highest BCUT2D eigenvalue weighted by Crippen LogP contribution is 2.38. The molecule has 0 fully saturated rings. The Morgan fingerprint density at radius 1 is 1.18 bits per heavy atom. The first-order valence-corrected chi connectivity index (χ1v) is 10.1. The number of hydrogen-bond donors (Lipinski definition) is 1. The van der Waals surface area contributed by atoms with Gasteiger partial charge in [-0.15, -0.1) is 0 Å². The summed E-state index contributed by atoms with van der Waals surface area (Å²) in [6, 6.07) is 7.51. The van der Waals surface area contributed by atoms with Crippen LogP contribution in [0.3, 0.4) is 0 Å². The van der Waals surface area contributed by atoms with Gasteiger partial charge in [-0.2, -0.15) is 18.3 Å². The van der Waals surface area contributed by atoms with Gasteiger partial charge in [-0.3, -0.25) is 4.79 Å². The van der Waals surface area contributed by atoms with Gasteiger partial charge in [0.25, 0.3) is 0 Å². The predicted octanol–water partition coefficient (Wildman–Crippen LogP) is 6.01. The fraction of sp³-hybridized carbons (Fsp3) is 0.273. The van der Waals surface area contributed by atoms with E-state index in [0.717, 1.165) is 16.8 Å². The molecular weight excluding hydrogens is 487 g/mol. The van der Waals surface area contributed by atoms with Crippen LogP contribution in [0.5, 0.6) is 17.4 Å². The molecule has 1 heterocycles. The van der Waals surface area contributed by atoms with Crippen molar-refractivity contribution in [2.24, 2.45) is 13.0 Å². The summed E-state index contributed by atoms with van der Waals surface area (Å²) < 4.78 is 81.1. The van der Waals surface area contributed by atoms with Crippen LogP contribution in [0, 0.1) is 17.6 Å². The molecule has 34 heavy (non-hydrogen) atoms. The number of carbonyl (C=O) groups is 1. The minimum Gasteiger partial charge on any atom is -0.483 e. The van der Waals surface area contributed by atoms with Crippen LogP contribution in [0.25, 0.3) is 0 Å². The molecule has 0 saturated heterocycles. The van der Waals surface area contributed by atoms with Gasteiger partial charge in [0, 0.05) is 12.1 Å². The zero-order chi connectivity index (χ0) is 25.2. The molecule has 0 radical (unpaired) electrons. The lowest BCUT2D eigenvalue weighted by Crippen LogP contribution is -2.13. The van der Waals surface area contributed by atoms with Crippen molar-refractivity contribution in [1.29, 1.82) is 0 Å². The number of aromatic nitrogens is 2. The molecule has 0 spiro atoms. The molecule has 12 heteroatoms. The smallest absolute Gasteiger partial charge is 0.435 e. The van der Waals surface area contributed by atoms with Gasteiger partial charge >= 0.3 is 12.1 Å². The molecule has 0 amide bonds. The van der Waals surface area contributed by atoms with Crippen LogP contribution in [0.15, 0.2) is 36.4 Å². The molecule has 0 aliphatic heterocycles. The summed E-state index contributed by atoms with van der Waals surface area (Å²) >= 11 is 5.80. The van der Waals surface area contributed by atoms with E-state index < -0.39 is 53.3 Å². The van der Waals surface area contributed by atoms with Crippen molar-refractivity contribution in [2.75, 3.05) is 0 Å². The average Bonchev–Trinajstić information content (AvgIpc) is 3.05. The molecule has 0 bridgehead atoms. The number of carboxylic acid groups (broad SMARTS) is 1. The summed E-state index contributed by atoms with van der Waals surface area (Å²) in [7, 11) is 1.21. The molecule has 3 rings (SSSR count). The Morgan fingerprint density at radius 2 is 1.76 bits per heavy atom. The molecule has 1 aromatic heterocycles. The van der Waals surface area contributed by atoms with Crippen LogP contribution in [0.1, 0.15) is 23.7 Å². The third-order valence-electron chi connectivity index (χ3n) is 4.77. The lowest BCUT2D eigenvalue weighted by atomic mass is 10.0. The highest BCUT2D eigenvalue weighted by molar-refractivity contribution is 6.30. The van der Waals surface area contributed by atoms with Crippen molar-refractivity contribution in [2.45, 2.75) is 26.1 Å². The van der Waals surface area contributed by atoms with E-state index in [1.165, 1.54) is 38.2 Å². The minimum atomic E-state index is -4.90. The standard InChI is InChI=1S/C22H18ClF5N2O4/c1-11(21(31)32)7-12-8-16(24)18(17(25)9-12)33-10-15-19(22(26,27)28)29-30(2)20(15)34-14-5-3-13(23)4-6-14/h3-6,8-9,11H,7,10H2,1-2H3,(H,31,32). The summed E-state index contributed by atoms with van der Waals surface area (Å²) in [5.74, 6) is -5.54. The fourth-order valence-electron chi connectivity index (χ4n) is 3.11. The van der Waals surface area contributed by atoms with Crippen molar-refractivity contribution in [3.05, 3.63) is 69.9 Å². The first kappa shape index (κ1) is 25.3. The highest BCUT2D eigenvalue weighted by Gasteiger charge is 2.40. The molecule has 182 valence electrons. The number of alkyl halides is 3. The van der Waals surface area contributed by atoms with Crippen molar-refractivity contribution >= 4 is 17.6 Å². The number of halogens is 6. The van der Waals surface area contributed by atoms with Crippen LogP contribution in [-0.4, -0.2) is 20.9 Å². The summed E-state index contributed by atoms with van der Waals surface area (Å²) in [5.41, 5.74) is -1.86. The van der Waals surface area contributed by atoms with Crippen molar-refractivity contribution in [3.8, 4) is 17.4 Å². The van der Waals surface area contributed by atoms with Crippen molar-refractivity contribution < 1.29 is 41.3 Å². The van der Waals surface area contributed by atoms with Crippen LogP contribution in [0.2, 0.25) is 5.02 Å². The van der Waals surface area contributed by atoms with E-state index >= 15 is 0 Å². The van der Waals surface area contributed by atoms with Crippen LogP contribution < -0.4 is 9.47 Å². The Balaban J connectivity index is 1.91. The quantitative estimate of drug-likeness (QED) is 0.381. The van der Waals surface area contributed by atoms with Gasteiger partial charge in [0.2, 0.25) is 5.88 Å². The molecule has 0 aliphatic rings. The molecular formula is C22H18ClF5N2O4. The topological polar surface area (TPSA) is 73.6 Å². The number of ether oxygens (including phenoxy) is 2. The predicted molar refractivity (Wildman–Crippen MR) is 111 cm³/mol. The zero-order valence-electron chi connectivity index (χ0n) is 17.8. The second-order valence-electron chi connectivity index (χ2n) is 7.43. The van der Waals surface area contributed by atoms with E-state index in [-0.39, 0.29) is 23.6 Å². The highest BCUT2D eigenvalue weighted by atomic mass is 35.5. The molecule has 6 nitrogen and oxygen atoms in total. The Kier molecular flexibility index (Phi) is 7.35. The Hall–Kier alpha value is -3.34. The van der Waals surface area contributed by atoms with Gasteiger partial charge in [0.1, 0.15) is 12.4 Å². The lowest BCUT2D eigenvalue weighted by Gasteiger charge is -2.14. The van der Waals surface area contributed by atoms with Crippen LogP contribution in [-0.2, 0) is 31.0 Å². The molecule has 3 aromatic rings. The number of aryl methyl sites for hydroxylation is 1. The number of carboxylic acids is 1. The van der Waals surface area contributed by atoms with Crippen LogP contribution >= 0.6 is 11.6 Å². The van der Waals surface area contributed by atoms with E-state index in [1.54, 1.807) is 0 Å². The Labute approximate surface area is 195 Å². The maximum absolute atomic E-state index is 14.5. The van der Waals surface area contributed by atoms with Gasteiger partial charge in [0.15, 0.2) is 23.1 Å². The normalized spacial score (nSPS) is 12.5. The summed E-state index contributed by atoms with van der Waals surface area (Å²) in [4.78, 5) is 11.0. The van der Waals surface area contributed by atoms with Gasteiger partial charge in [-0.25, -0.2) is 13.5 Å². The van der Waals surface area contributed by atoms with Crippen LogP contribution in [0.4, 0.5) is 22.0 Å². The summed E-state index contributed by atoms with van der Waals surface area (Å²) in [5, 5.41) is 12.8. The number of hydrogen-bond acceptors (Lipinski definition) is 4. The van der Waals surface area contributed by atoms with Gasteiger partial charge < -0.3 is 14.6 Å². The zero-order valence-corrected chi connectivity index (χ0v) is 18.5. The maximum atomic E-state index is 14.5. The van der Waals surface area contributed by atoms with E-state index in [9.17, 15) is 26.7 Å². The molecule has 0 saturated carbocycles. The Morgan fingerprint density at radius 3 is 2.29 bits per heavy atom. The second-order valence-corrected chi connectivity index (χ2v) is 7.87. The summed E-state index contributed by atoms with van der Waals surface area (Å²) in [6.45, 7) is 0.455. The number of rotatable bonds is 8. The molecule has 1 unspecified atom stereocenters. The average molecular weight is 505 g/mol. The largest absolute Gasteiger partial charge is 0.483 e. The molecule has 1 atom stereocenters. The monoisotopic (exact) mass is 504 g/mol. The molecule has 2 aromatic carbocycles. The van der Waals surface area contributed by atoms with Gasteiger partial charge in [-0.05, 0) is 48.4 Å².